The highest BCUT2D eigenvalue weighted by molar-refractivity contribution is 5.77. The summed E-state index contributed by atoms with van der Waals surface area (Å²) in [6, 6.07) is 5.63. The van der Waals surface area contributed by atoms with Gasteiger partial charge in [0.05, 0.1) is 12.6 Å². The highest BCUT2D eigenvalue weighted by Gasteiger charge is 2.48. The molecule has 2 heterocycles. The van der Waals surface area contributed by atoms with Crippen LogP contribution in [-0.2, 0) is 0 Å². The molecule has 1 N–H and O–H groups in total. The van der Waals surface area contributed by atoms with E-state index in [0.717, 1.165) is 17.1 Å². The minimum Gasteiger partial charge on any atom is -0.494 e. The molecular weight excluding hydrogens is 268 g/mol. The van der Waals surface area contributed by atoms with Crippen molar-refractivity contribution in [3.8, 4) is 11.5 Å². The molecule has 2 atom stereocenters. The van der Waals surface area contributed by atoms with E-state index in [1.165, 1.54) is 0 Å². The van der Waals surface area contributed by atoms with Crippen LogP contribution in [0.25, 0.3) is 0 Å². The number of urea groups is 1. The molecule has 21 heavy (non-hydrogen) atoms. The van der Waals surface area contributed by atoms with E-state index in [1.807, 2.05) is 32.0 Å². The van der Waals surface area contributed by atoms with Crippen molar-refractivity contribution in [3.05, 3.63) is 36.4 Å². The normalized spacial score (nSPS) is 26.5. The van der Waals surface area contributed by atoms with Crippen molar-refractivity contribution in [2.24, 2.45) is 0 Å². The van der Waals surface area contributed by atoms with Crippen molar-refractivity contribution in [3.63, 3.8) is 0 Å². The Morgan fingerprint density at radius 3 is 3.14 bits per heavy atom. The Labute approximate surface area is 124 Å². The molecule has 2 aliphatic rings. The van der Waals surface area contributed by atoms with E-state index >= 15 is 0 Å². The standard InChI is InChI=1S/C16H20N2O3/c1-4-8-18-15(19)17-13-10-16(18,3)21-14-9-11(20-5-2)6-7-12(13)14/h4,6-7,9,13H,1,5,8,10H2,2-3H3,(H,17,19). The van der Waals surface area contributed by atoms with Gasteiger partial charge < -0.3 is 14.8 Å². The Balaban J connectivity index is 1.99. The number of carbonyl (C=O) groups excluding carboxylic acids is 1. The molecule has 0 aromatic heterocycles. The molecule has 1 aromatic carbocycles. The molecule has 2 unspecified atom stereocenters. The average Bonchev–Trinajstić information content (AvgIpc) is 2.43. The maximum atomic E-state index is 12.2. The van der Waals surface area contributed by atoms with Gasteiger partial charge in [0.2, 0.25) is 0 Å². The highest BCUT2D eigenvalue weighted by atomic mass is 16.5. The third-order valence-electron chi connectivity index (χ3n) is 4.01. The van der Waals surface area contributed by atoms with Crippen molar-refractivity contribution in [1.29, 1.82) is 0 Å². The molecule has 5 nitrogen and oxygen atoms in total. The topological polar surface area (TPSA) is 50.8 Å². The largest absolute Gasteiger partial charge is 0.494 e. The monoisotopic (exact) mass is 288 g/mol. The molecule has 0 radical (unpaired) electrons. The van der Waals surface area contributed by atoms with Crippen molar-refractivity contribution in [2.75, 3.05) is 13.2 Å². The van der Waals surface area contributed by atoms with Crippen LogP contribution >= 0.6 is 0 Å². The first-order valence-electron chi connectivity index (χ1n) is 7.22. The fraction of sp³-hybridized carbons (Fsp3) is 0.438. The number of benzene rings is 1. The van der Waals surface area contributed by atoms with Gasteiger partial charge in [0.25, 0.3) is 0 Å². The summed E-state index contributed by atoms with van der Waals surface area (Å²) < 4.78 is 11.7. The zero-order valence-electron chi connectivity index (χ0n) is 12.4. The van der Waals surface area contributed by atoms with E-state index in [9.17, 15) is 4.79 Å². The lowest BCUT2D eigenvalue weighted by Crippen LogP contribution is -2.64. The second-order valence-corrected chi connectivity index (χ2v) is 5.52. The fourth-order valence-corrected chi connectivity index (χ4v) is 3.06. The van der Waals surface area contributed by atoms with E-state index in [1.54, 1.807) is 11.0 Å². The summed E-state index contributed by atoms with van der Waals surface area (Å²) in [5.41, 5.74) is 0.349. The number of rotatable bonds is 4. The van der Waals surface area contributed by atoms with Gasteiger partial charge in [-0.2, -0.15) is 0 Å². The predicted molar refractivity (Wildman–Crippen MR) is 79.4 cm³/mol. The predicted octanol–water partition coefficient (Wildman–Crippen LogP) is 2.84. The van der Waals surface area contributed by atoms with Crippen LogP contribution in [0.15, 0.2) is 30.9 Å². The van der Waals surface area contributed by atoms with Crippen molar-refractivity contribution in [1.82, 2.24) is 10.2 Å². The molecular formula is C16H20N2O3. The number of nitrogens with one attached hydrogen (secondary N) is 1. The molecule has 1 fully saturated rings. The zero-order chi connectivity index (χ0) is 15.0. The maximum Gasteiger partial charge on any atom is 0.321 e. The van der Waals surface area contributed by atoms with Gasteiger partial charge in [-0.05, 0) is 26.0 Å². The zero-order valence-corrected chi connectivity index (χ0v) is 12.4. The molecule has 1 saturated heterocycles. The Kier molecular flexibility index (Phi) is 3.27. The lowest BCUT2D eigenvalue weighted by atomic mass is 9.90. The van der Waals surface area contributed by atoms with Gasteiger partial charge in [-0.15, -0.1) is 6.58 Å². The molecule has 5 heteroatoms. The lowest BCUT2D eigenvalue weighted by Gasteiger charge is -2.50. The van der Waals surface area contributed by atoms with Crippen LogP contribution < -0.4 is 14.8 Å². The first-order valence-corrected chi connectivity index (χ1v) is 7.22. The minimum absolute atomic E-state index is 0.0250. The van der Waals surface area contributed by atoms with E-state index < -0.39 is 5.72 Å². The summed E-state index contributed by atoms with van der Waals surface area (Å²) in [5.74, 6) is 1.55. The summed E-state index contributed by atoms with van der Waals surface area (Å²) in [5, 5.41) is 3.03. The van der Waals surface area contributed by atoms with Crippen LogP contribution in [-0.4, -0.2) is 29.8 Å². The van der Waals surface area contributed by atoms with Gasteiger partial charge in [-0.3, -0.25) is 4.90 Å². The molecule has 0 aliphatic carbocycles. The van der Waals surface area contributed by atoms with Gasteiger partial charge in [0.15, 0.2) is 5.72 Å². The van der Waals surface area contributed by atoms with Gasteiger partial charge in [0.1, 0.15) is 11.5 Å². The fourth-order valence-electron chi connectivity index (χ4n) is 3.06. The van der Waals surface area contributed by atoms with E-state index in [-0.39, 0.29) is 12.1 Å². The van der Waals surface area contributed by atoms with Crippen LogP contribution in [0, 0.1) is 0 Å². The quantitative estimate of drug-likeness (QED) is 0.867. The van der Waals surface area contributed by atoms with Crippen LogP contribution in [0.3, 0.4) is 0 Å². The van der Waals surface area contributed by atoms with Crippen LogP contribution in [0.4, 0.5) is 4.79 Å². The number of hydrogen-bond donors (Lipinski definition) is 1. The highest BCUT2D eigenvalue weighted by Crippen LogP contribution is 2.45. The van der Waals surface area contributed by atoms with Crippen LogP contribution in [0.2, 0.25) is 0 Å². The number of amides is 2. The lowest BCUT2D eigenvalue weighted by molar-refractivity contribution is -0.0789. The van der Waals surface area contributed by atoms with Crippen molar-refractivity contribution >= 4 is 6.03 Å². The van der Waals surface area contributed by atoms with E-state index in [4.69, 9.17) is 9.47 Å². The number of carbonyl (C=O) groups is 1. The summed E-state index contributed by atoms with van der Waals surface area (Å²) in [4.78, 5) is 13.9. The van der Waals surface area contributed by atoms with Crippen LogP contribution in [0.5, 0.6) is 11.5 Å². The van der Waals surface area contributed by atoms with E-state index in [2.05, 4.69) is 11.9 Å². The molecule has 2 amide bonds. The molecule has 112 valence electrons. The molecule has 2 aliphatic heterocycles. The molecule has 2 bridgehead atoms. The molecule has 0 saturated carbocycles. The van der Waals surface area contributed by atoms with Gasteiger partial charge in [-0.1, -0.05) is 6.08 Å². The Bertz CT molecular complexity index is 587. The first-order chi connectivity index (χ1) is 10.1. The second-order valence-electron chi connectivity index (χ2n) is 5.52. The number of ether oxygens (including phenoxy) is 2. The average molecular weight is 288 g/mol. The minimum atomic E-state index is -0.654. The number of fused-ring (bicyclic) bond motifs is 4. The Morgan fingerprint density at radius 2 is 2.43 bits per heavy atom. The van der Waals surface area contributed by atoms with Gasteiger partial charge in [0, 0.05) is 24.6 Å². The summed E-state index contributed by atoms with van der Waals surface area (Å²) in [6.07, 6.45) is 2.42. The Morgan fingerprint density at radius 1 is 1.62 bits per heavy atom. The third kappa shape index (κ3) is 2.22. The second kappa shape index (κ2) is 4.98. The van der Waals surface area contributed by atoms with Crippen molar-refractivity contribution < 1.29 is 14.3 Å². The smallest absolute Gasteiger partial charge is 0.321 e. The van der Waals surface area contributed by atoms with Crippen LogP contribution in [0.1, 0.15) is 31.9 Å². The third-order valence-corrected chi connectivity index (χ3v) is 4.01. The maximum absolute atomic E-state index is 12.2. The molecule has 0 spiro atoms. The first kappa shape index (κ1) is 13.8. The van der Waals surface area contributed by atoms with Crippen molar-refractivity contribution in [2.45, 2.75) is 32.0 Å². The summed E-state index contributed by atoms with van der Waals surface area (Å²) >= 11 is 0. The van der Waals surface area contributed by atoms with Gasteiger partial charge >= 0.3 is 6.03 Å². The summed E-state index contributed by atoms with van der Waals surface area (Å²) in [7, 11) is 0. The summed E-state index contributed by atoms with van der Waals surface area (Å²) in [6.45, 7) is 8.67. The number of hydrogen-bond acceptors (Lipinski definition) is 3. The Hall–Kier alpha value is -2.17. The SMILES string of the molecule is C=CCN1C(=O)NC2CC1(C)Oc1cc(OCC)ccc12. The molecule has 1 aromatic rings. The van der Waals surface area contributed by atoms with E-state index in [0.29, 0.717) is 19.6 Å². The number of nitrogens with zero attached hydrogens (tertiary/aromatic N) is 1. The van der Waals surface area contributed by atoms with Gasteiger partial charge in [-0.25, -0.2) is 4.79 Å². The molecule has 3 rings (SSSR count).